The van der Waals surface area contributed by atoms with Gasteiger partial charge in [-0.15, -0.1) is 13.2 Å². The highest BCUT2D eigenvalue weighted by molar-refractivity contribution is 5.94. The van der Waals surface area contributed by atoms with E-state index in [0.717, 1.165) is 49.6 Å². The Morgan fingerprint density at radius 3 is 2.68 bits per heavy atom. The molecule has 12 nitrogen and oxygen atoms in total. The predicted octanol–water partition coefficient (Wildman–Crippen LogP) is 2.91. The van der Waals surface area contributed by atoms with Gasteiger partial charge in [-0.05, 0) is 17.7 Å². The maximum atomic E-state index is 13.1. The SMILES string of the molecule is O=C(c1cnc(NCc2cccc(OC(F)(F)F)c2)nc1)N1CCC2(CC1)CC(CN1CCc3n[nH]nc3C1)=NO2. The van der Waals surface area contributed by atoms with Gasteiger partial charge >= 0.3 is 6.36 Å². The Morgan fingerprint density at radius 1 is 1.12 bits per heavy atom. The number of nitrogens with zero attached hydrogens (tertiary/aromatic N) is 7. The van der Waals surface area contributed by atoms with Crippen molar-refractivity contribution < 1.29 is 27.5 Å². The maximum absolute atomic E-state index is 13.1. The number of ether oxygens (including phenoxy) is 1. The predicted molar refractivity (Wildman–Crippen MR) is 139 cm³/mol. The van der Waals surface area contributed by atoms with Gasteiger partial charge in [0.05, 0.1) is 22.7 Å². The molecule has 1 amide bonds. The third kappa shape index (κ3) is 6.39. The zero-order valence-electron chi connectivity index (χ0n) is 22.0. The second-order valence-electron chi connectivity index (χ2n) is 10.4. The summed E-state index contributed by atoms with van der Waals surface area (Å²) in [4.78, 5) is 31.5. The first-order valence-electron chi connectivity index (χ1n) is 13.3. The molecule has 2 N–H and O–H groups in total. The summed E-state index contributed by atoms with van der Waals surface area (Å²) in [5, 5.41) is 18.4. The van der Waals surface area contributed by atoms with Crippen molar-refractivity contribution in [2.45, 2.75) is 50.7 Å². The van der Waals surface area contributed by atoms with Crippen LogP contribution in [0, 0.1) is 0 Å². The van der Waals surface area contributed by atoms with Gasteiger partial charge in [0.25, 0.3) is 5.91 Å². The van der Waals surface area contributed by atoms with Crippen molar-refractivity contribution in [2.24, 2.45) is 5.16 Å². The highest BCUT2D eigenvalue weighted by Gasteiger charge is 2.43. The van der Waals surface area contributed by atoms with Crippen LogP contribution in [0.15, 0.2) is 41.8 Å². The van der Waals surface area contributed by atoms with Crippen molar-refractivity contribution in [1.29, 1.82) is 0 Å². The highest BCUT2D eigenvalue weighted by atomic mass is 19.4. The Balaban J connectivity index is 0.965. The molecule has 216 valence electrons. The number of hydrogen-bond acceptors (Lipinski definition) is 10. The van der Waals surface area contributed by atoms with Crippen molar-refractivity contribution >= 4 is 17.6 Å². The number of carbonyl (C=O) groups is 1. The number of aromatic amines is 1. The molecule has 0 saturated carbocycles. The minimum atomic E-state index is -4.76. The number of anilines is 1. The third-order valence-corrected chi connectivity index (χ3v) is 7.49. The minimum Gasteiger partial charge on any atom is -0.406 e. The molecule has 5 heterocycles. The Kier molecular flexibility index (Phi) is 7.19. The Hall–Kier alpha value is -4.27. The number of carbonyl (C=O) groups excluding carboxylic acids is 1. The molecular formula is C26H28F3N9O3. The summed E-state index contributed by atoms with van der Waals surface area (Å²) in [5.74, 6) is -0.223. The molecule has 0 radical (unpaired) electrons. The van der Waals surface area contributed by atoms with Crippen LogP contribution in [0.4, 0.5) is 19.1 Å². The van der Waals surface area contributed by atoms with Gasteiger partial charge in [-0.25, -0.2) is 9.97 Å². The van der Waals surface area contributed by atoms with E-state index in [1.54, 1.807) is 11.0 Å². The first-order chi connectivity index (χ1) is 19.7. The van der Waals surface area contributed by atoms with Crippen molar-refractivity contribution in [1.82, 2.24) is 35.2 Å². The van der Waals surface area contributed by atoms with Crippen LogP contribution in [0.2, 0.25) is 0 Å². The molecule has 41 heavy (non-hydrogen) atoms. The summed E-state index contributed by atoms with van der Waals surface area (Å²) in [7, 11) is 0. The van der Waals surface area contributed by atoms with Gasteiger partial charge in [-0.3, -0.25) is 9.69 Å². The van der Waals surface area contributed by atoms with Crippen molar-refractivity contribution in [3.63, 3.8) is 0 Å². The second kappa shape index (κ2) is 11.0. The van der Waals surface area contributed by atoms with E-state index in [9.17, 15) is 18.0 Å². The van der Waals surface area contributed by atoms with E-state index < -0.39 is 6.36 Å². The average Bonchev–Trinajstić information content (AvgIpc) is 3.58. The molecule has 0 unspecified atom stereocenters. The van der Waals surface area contributed by atoms with Gasteiger partial charge < -0.3 is 19.8 Å². The fourth-order valence-corrected chi connectivity index (χ4v) is 5.36. The van der Waals surface area contributed by atoms with Crippen LogP contribution in [-0.4, -0.2) is 84.9 Å². The Bertz CT molecular complexity index is 1420. The van der Waals surface area contributed by atoms with Gasteiger partial charge in [0.2, 0.25) is 5.95 Å². The Morgan fingerprint density at radius 2 is 1.90 bits per heavy atom. The van der Waals surface area contributed by atoms with Crippen molar-refractivity contribution in [3.05, 3.63) is 59.2 Å². The van der Waals surface area contributed by atoms with Crippen LogP contribution in [-0.2, 0) is 24.3 Å². The van der Waals surface area contributed by atoms with Gasteiger partial charge in [0, 0.05) is 77.3 Å². The summed E-state index contributed by atoms with van der Waals surface area (Å²) in [5.41, 5.74) is 3.54. The number of piperidine rings is 1. The molecule has 6 rings (SSSR count). The number of nitrogens with one attached hydrogen (secondary N) is 2. The zero-order valence-corrected chi connectivity index (χ0v) is 22.0. The molecule has 3 aliphatic rings. The van der Waals surface area contributed by atoms with E-state index in [0.29, 0.717) is 37.1 Å². The van der Waals surface area contributed by atoms with Crippen LogP contribution in [0.3, 0.4) is 0 Å². The minimum absolute atomic E-state index is 0.167. The average molecular weight is 572 g/mol. The normalized spacial score (nSPS) is 18.5. The summed E-state index contributed by atoms with van der Waals surface area (Å²) in [6.45, 7) is 3.60. The van der Waals surface area contributed by atoms with E-state index >= 15 is 0 Å². The van der Waals surface area contributed by atoms with Crippen molar-refractivity contribution in [2.75, 3.05) is 31.5 Å². The van der Waals surface area contributed by atoms with E-state index in [1.165, 1.54) is 30.6 Å². The number of amides is 1. The van der Waals surface area contributed by atoms with Crippen molar-refractivity contribution in [3.8, 4) is 5.75 Å². The third-order valence-electron chi connectivity index (χ3n) is 7.49. The molecule has 0 aliphatic carbocycles. The number of likely N-dealkylation sites (tertiary alicyclic amines) is 1. The number of aromatic nitrogens is 5. The molecule has 3 aliphatic heterocycles. The fourth-order valence-electron chi connectivity index (χ4n) is 5.36. The lowest BCUT2D eigenvalue weighted by Crippen LogP contribution is -2.47. The van der Waals surface area contributed by atoms with Gasteiger partial charge in [0.1, 0.15) is 11.4 Å². The monoisotopic (exact) mass is 571 g/mol. The number of fused-ring (bicyclic) bond motifs is 1. The number of oxime groups is 1. The smallest absolute Gasteiger partial charge is 0.406 e. The van der Waals surface area contributed by atoms with E-state index in [2.05, 4.69) is 45.5 Å². The van der Waals surface area contributed by atoms with Crippen LogP contribution in [0.5, 0.6) is 5.75 Å². The number of benzene rings is 1. The Labute approximate surface area is 232 Å². The lowest BCUT2D eigenvalue weighted by atomic mass is 9.86. The molecule has 1 spiro atoms. The number of halogens is 3. The van der Waals surface area contributed by atoms with Gasteiger partial charge in [-0.1, -0.05) is 17.3 Å². The fraction of sp³-hybridized carbons (Fsp3) is 0.462. The molecule has 1 aromatic carbocycles. The highest BCUT2D eigenvalue weighted by Crippen LogP contribution is 2.35. The first-order valence-corrected chi connectivity index (χ1v) is 13.3. The van der Waals surface area contributed by atoms with E-state index in [1.807, 2.05) is 0 Å². The van der Waals surface area contributed by atoms with Crippen LogP contribution >= 0.6 is 0 Å². The lowest BCUT2D eigenvalue weighted by Gasteiger charge is -2.37. The maximum Gasteiger partial charge on any atom is 0.573 e. The topological polar surface area (TPSA) is 134 Å². The summed E-state index contributed by atoms with van der Waals surface area (Å²) in [6, 6.07) is 5.63. The summed E-state index contributed by atoms with van der Waals surface area (Å²) in [6.07, 6.45) is 1.08. The molecule has 15 heteroatoms. The standard InChI is InChI=1S/C26H28F3N9O3/c27-26(28,29)40-20-3-1-2-17(10-20)12-30-24-31-13-18(14-32-24)23(39)38-8-5-25(6-9-38)11-19(35-41-25)15-37-7-4-21-22(16-37)34-36-33-21/h1-3,10,13-14H,4-9,11-12,15-16H2,(H,30,31,32)(H,33,34,36). The van der Waals surface area contributed by atoms with Crippen LogP contribution in [0.1, 0.15) is 46.6 Å². The largest absolute Gasteiger partial charge is 0.573 e. The molecule has 0 atom stereocenters. The van der Waals surface area contributed by atoms with Crippen LogP contribution in [0.25, 0.3) is 0 Å². The van der Waals surface area contributed by atoms with E-state index in [4.69, 9.17) is 4.84 Å². The number of alkyl halides is 3. The molecule has 3 aromatic rings. The summed E-state index contributed by atoms with van der Waals surface area (Å²) >= 11 is 0. The summed E-state index contributed by atoms with van der Waals surface area (Å²) < 4.78 is 41.3. The number of rotatable bonds is 7. The lowest BCUT2D eigenvalue weighted by molar-refractivity contribution is -0.274. The van der Waals surface area contributed by atoms with Gasteiger partial charge in [-0.2, -0.15) is 15.4 Å². The molecule has 1 saturated heterocycles. The molecule has 1 fully saturated rings. The van der Waals surface area contributed by atoms with Gasteiger partial charge in [0.15, 0.2) is 0 Å². The first kappa shape index (κ1) is 26.9. The molecular weight excluding hydrogens is 543 g/mol. The molecule has 2 aromatic heterocycles. The van der Waals surface area contributed by atoms with E-state index in [-0.39, 0.29) is 29.8 Å². The second-order valence-corrected chi connectivity index (χ2v) is 10.4. The van der Waals surface area contributed by atoms with Crippen LogP contribution < -0.4 is 10.1 Å². The quantitative estimate of drug-likeness (QED) is 0.439. The zero-order chi connectivity index (χ0) is 28.5. The molecule has 0 bridgehead atoms. The number of H-pyrrole nitrogens is 1. The number of hydrogen-bond donors (Lipinski definition) is 2.